The van der Waals surface area contributed by atoms with E-state index in [1.807, 2.05) is 45.4 Å². The van der Waals surface area contributed by atoms with Gasteiger partial charge in [0.05, 0.1) is 17.7 Å². The second-order valence-corrected chi connectivity index (χ2v) is 10.0. The van der Waals surface area contributed by atoms with Crippen molar-refractivity contribution in [2.75, 3.05) is 32.7 Å². The maximum Gasteiger partial charge on any atom is 0.262 e. The minimum Gasteiger partial charge on any atom is -0.351 e. The summed E-state index contributed by atoms with van der Waals surface area (Å²) in [6.07, 6.45) is 0.412. The van der Waals surface area contributed by atoms with Crippen LogP contribution in [-0.2, 0) is 11.8 Å². The summed E-state index contributed by atoms with van der Waals surface area (Å²) in [4.78, 5) is 57.6. The first-order valence-corrected chi connectivity index (χ1v) is 12.2. The minimum atomic E-state index is -0.828. The number of aryl methyl sites for hydroxylation is 1. The van der Waals surface area contributed by atoms with E-state index in [2.05, 4.69) is 4.90 Å². The Morgan fingerprint density at radius 2 is 1.51 bits per heavy atom. The Labute approximate surface area is 206 Å². The summed E-state index contributed by atoms with van der Waals surface area (Å²) in [5.41, 5.74) is 3.46. The predicted molar refractivity (Wildman–Crippen MR) is 132 cm³/mol. The van der Waals surface area contributed by atoms with Crippen LogP contribution in [0.2, 0.25) is 0 Å². The fourth-order valence-electron chi connectivity index (χ4n) is 5.02. The summed E-state index contributed by atoms with van der Waals surface area (Å²) in [7, 11) is 1.95. The highest BCUT2D eigenvalue weighted by atomic mass is 16.2. The van der Waals surface area contributed by atoms with Crippen LogP contribution >= 0.6 is 0 Å². The maximum atomic E-state index is 13.6. The number of nitrogens with zero attached hydrogens (tertiary/aromatic N) is 4. The topological polar surface area (TPSA) is 82.9 Å². The van der Waals surface area contributed by atoms with Crippen molar-refractivity contribution in [3.05, 3.63) is 58.4 Å². The fraction of sp³-hybridized carbons (Fsp3) is 0.481. The van der Waals surface area contributed by atoms with E-state index < -0.39 is 17.9 Å². The number of piperazine rings is 1. The Bertz CT molecular complexity index is 1140. The van der Waals surface area contributed by atoms with Gasteiger partial charge in [-0.25, -0.2) is 0 Å². The molecule has 2 aliphatic rings. The third-order valence-corrected chi connectivity index (χ3v) is 7.24. The Morgan fingerprint density at radius 1 is 0.943 bits per heavy atom. The molecule has 8 nitrogen and oxygen atoms in total. The summed E-state index contributed by atoms with van der Waals surface area (Å²) in [6, 6.07) is 7.83. The van der Waals surface area contributed by atoms with Gasteiger partial charge >= 0.3 is 0 Å². The van der Waals surface area contributed by atoms with Crippen molar-refractivity contribution in [3.8, 4) is 0 Å². The highest BCUT2D eigenvalue weighted by molar-refractivity contribution is 6.22. The van der Waals surface area contributed by atoms with E-state index in [9.17, 15) is 19.2 Å². The molecule has 0 N–H and O–H groups in total. The van der Waals surface area contributed by atoms with Crippen molar-refractivity contribution in [2.45, 2.75) is 40.2 Å². The van der Waals surface area contributed by atoms with Gasteiger partial charge in [-0.3, -0.25) is 29.0 Å². The molecule has 1 aromatic heterocycles. The molecule has 1 unspecified atom stereocenters. The minimum absolute atomic E-state index is 0.0784. The highest BCUT2D eigenvalue weighted by Crippen LogP contribution is 2.28. The molecule has 0 bridgehead atoms. The van der Waals surface area contributed by atoms with Crippen LogP contribution in [0, 0.1) is 19.8 Å². The van der Waals surface area contributed by atoms with E-state index >= 15 is 0 Å². The zero-order chi connectivity index (χ0) is 25.4. The van der Waals surface area contributed by atoms with Gasteiger partial charge in [0.15, 0.2) is 5.78 Å². The lowest BCUT2D eigenvalue weighted by molar-refractivity contribution is -0.137. The first-order chi connectivity index (χ1) is 16.6. The summed E-state index contributed by atoms with van der Waals surface area (Å²) in [5.74, 6) is -0.794. The molecule has 1 aromatic carbocycles. The first-order valence-electron chi connectivity index (χ1n) is 12.2. The summed E-state index contributed by atoms with van der Waals surface area (Å²) in [6.45, 7) is 10.2. The average Bonchev–Trinajstić information content (AvgIpc) is 3.24. The van der Waals surface area contributed by atoms with Crippen molar-refractivity contribution in [1.29, 1.82) is 0 Å². The molecule has 2 aliphatic heterocycles. The number of amides is 3. The van der Waals surface area contributed by atoms with Crippen LogP contribution in [0.25, 0.3) is 0 Å². The van der Waals surface area contributed by atoms with Crippen LogP contribution in [0.5, 0.6) is 0 Å². The Balaban J connectivity index is 1.43. The molecule has 0 spiro atoms. The fourth-order valence-corrected chi connectivity index (χ4v) is 5.02. The largest absolute Gasteiger partial charge is 0.351 e. The maximum absolute atomic E-state index is 13.6. The van der Waals surface area contributed by atoms with Gasteiger partial charge in [-0.15, -0.1) is 0 Å². The normalized spacial score (nSPS) is 17.3. The molecule has 3 heterocycles. The SMILES string of the molecule is Cc1cc(C(=O)CN2CCN(C(=O)C(CC(C)C)N3C(=O)c4ccccc4C3=O)CC2)c(C)n1C. The number of hydrogen-bond donors (Lipinski definition) is 0. The molecule has 35 heavy (non-hydrogen) atoms. The quantitative estimate of drug-likeness (QED) is 0.451. The number of imide groups is 1. The lowest BCUT2D eigenvalue weighted by atomic mass is 10.0. The number of aromatic nitrogens is 1. The average molecular weight is 479 g/mol. The van der Waals surface area contributed by atoms with Gasteiger partial charge in [0.25, 0.3) is 11.8 Å². The molecule has 186 valence electrons. The molecule has 4 rings (SSSR count). The Hall–Kier alpha value is -3.26. The highest BCUT2D eigenvalue weighted by Gasteiger charge is 2.44. The second-order valence-electron chi connectivity index (χ2n) is 10.0. The standard InChI is InChI=1S/C27H34N4O4/c1-17(2)14-23(31-25(33)20-8-6-7-9-21(20)26(31)34)27(35)30-12-10-29(11-13-30)16-24(32)22-15-18(3)28(5)19(22)4/h6-9,15,17,23H,10-14,16H2,1-5H3. The van der Waals surface area contributed by atoms with E-state index in [1.54, 1.807) is 29.2 Å². The van der Waals surface area contributed by atoms with Crippen molar-refractivity contribution >= 4 is 23.5 Å². The summed E-state index contributed by atoms with van der Waals surface area (Å²) in [5, 5.41) is 0. The number of hydrogen-bond acceptors (Lipinski definition) is 5. The first kappa shape index (κ1) is 24.9. The van der Waals surface area contributed by atoms with Gasteiger partial charge in [-0.05, 0) is 44.4 Å². The van der Waals surface area contributed by atoms with Crippen LogP contribution in [0.3, 0.4) is 0 Å². The monoisotopic (exact) mass is 478 g/mol. The third-order valence-electron chi connectivity index (χ3n) is 7.24. The van der Waals surface area contributed by atoms with E-state index in [0.29, 0.717) is 50.3 Å². The number of rotatable bonds is 7. The van der Waals surface area contributed by atoms with E-state index in [0.717, 1.165) is 21.9 Å². The molecule has 2 aromatic rings. The molecular formula is C27H34N4O4. The number of Topliss-reactive ketones (excluding diaryl/α,β-unsaturated/α-hetero) is 1. The third kappa shape index (κ3) is 4.67. The molecule has 1 saturated heterocycles. The number of ketones is 1. The van der Waals surface area contributed by atoms with E-state index in [4.69, 9.17) is 0 Å². The van der Waals surface area contributed by atoms with Crippen molar-refractivity contribution in [2.24, 2.45) is 13.0 Å². The predicted octanol–water partition coefficient (Wildman–Crippen LogP) is 2.68. The lowest BCUT2D eigenvalue weighted by Gasteiger charge is -2.38. The van der Waals surface area contributed by atoms with Gasteiger partial charge in [-0.1, -0.05) is 26.0 Å². The number of benzene rings is 1. The van der Waals surface area contributed by atoms with Gasteiger partial charge in [-0.2, -0.15) is 0 Å². The number of fused-ring (bicyclic) bond motifs is 1. The van der Waals surface area contributed by atoms with Gasteiger partial charge in [0, 0.05) is 50.2 Å². The molecule has 1 atom stereocenters. The van der Waals surface area contributed by atoms with Crippen LogP contribution in [0.1, 0.15) is 62.7 Å². The van der Waals surface area contributed by atoms with Crippen LogP contribution < -0.4 is 0 Å². The smallest absolute Gasteiger partial charge is 0.262 e. The number of carbonyl (C=O) groups is 4. The molecule has 0 radical (unpaired) electrons. The van der Waals surface area contributed by atoms with Crippen LogP contribution in [0.15, 0.2) is 30.3 Å². The van der Waals surface area contributed by atoms with E-state index in [1.165, 1.54) is 0 Å². The van der Waals surface area contributed by atoms with E-state index in [-0.39, 0.29) is 17.6 Å². The van der Waals surface area contributed by atoms with Gasteiger partial charge in [0.2, 0.25) is 5.91 Å². The zero-order valence-electron chi connectivity index (χ0n) is 21.2. The molecular weight excluding hydrogens is 444 g/mol. The molecule has 3 amide bonds. The number of carbonyl (C=O) groups excluding carboxylic acids is 4. The summed E-state index contributed by atoms with van der Waals surface area (Å²) >= 11 is 0. The van der Waals surface area contributed by atoms with Gasteiger partial charge in [0.1, 0.15) is 6.04 Å². The van der Waals surface area contributed by atoms with Crippen LogP contribution in [-0.4, -0.2) is 81.5 Å². The van der Waals surface area contributed by atoms with Crippen molar-refractivity contribution in [1.82, 2.24) is 19.3 Å². The molecule has 1 fully saturated rings. The van der Waals surface area contributed by atoms with Crippen LogP contribution in [0.4, 0.5) is 0 Å². The molecule has 8 heteroatoms. The Kier molecular flexibility index (Phi) is 6.94. The van der Waals surface area contributed by atoms with Gasteiger partial charge < -0.3 is 9.47 Å². The second kappa shape index (κ2) is 9.77. The van der Waals surface area contributed by atoms with Crippen molar-refractivity contribution in [3.63, 3.8) is 0 Å². The lowest BCUT2D eigenvalue weighted by Crippen LogP contribution is -2.56. The zero-order valence-corrected chi connectivity index (χ0v) is 21.2. The summed E-state index contributed by atoms with van der Waals surface area (Å²) < 4.78 is 2.01. The Morgan fingerprint density at radius 3 is 2.00 bits per heavy atom. The molecule has 0 saturated carbocycles. The van der Waals surface area contributed by atoms with Crippen molar-refractivity contribution < 1.29 is 19.2 Å². The molecule has 0 aliphatic carbocycles.